The normalized spacial score (nSPS) is 18.4. The standard InChI is InChI=1S/C16H24F2N2/c1-2-20(13-6-4-3-5-7-13)16(11-19)12-8-9-14(17)15(18)10-12/h8-10,13,16H,2-7,11,19H2,1H3. The molecule has 0 saturated heterocycles. The van der Waals surface area contributed by atoms with Crippen molar-refractivity contribution in [2.75, 3.05) is 13.1 Å². The van der Waals surface area contributed by atoms with Crippen molar-refractivity contribution < 1.29 is 8.78 Å². The third kappa shape index (κ3) is 3.36. The Morgan fingerprint density at radius 2 is 1.90 bits per heavy atom. The Hall–Kier alpha value is -1.00. The Morgan fingerprint density at radius 1 is 1.20 bits per heavy atom. The SMILES string of the molecule is CCN(C1CCCCC1)C(CN)c1ccc(F)c(F)c1. The Bertz CT molecular complexity index is 430. The van der Waals surface area contributed by atoms with Gasteiger partial charge in [-0.1, -0.05) is 32.3 Å². The van der Waals surface area contributed by atoms with E-state index in [1.54, 1.807) is 6.07 Å². The molecule has 1 aromatic carbocycles. The van der Waals surface area contributed by atoms with Gasteiger partial charge in [-0.2, -0.15) is 0 Å². The molecule has 1 aromatic rings. The van der Waals surface area contributed by atoms with Crippen molar-refractivity contribution >= 4 is 0 Å². The van der Waals surface area contributed by atoms with E-state index in [4.69, 9.17) is 5.73 Å². The van der Waals surface area contributed by atoms with E-state index in [-0.39, 0.29) is 6.04 Å². The number of nitrogens with zero attached hydrogens (tertiary/aromatic N) is 1. The van der Waals surface area contributed by atoms with Crippen LogP contribution in [0.1, 0.15) is 50.6 Å². The lowest BCUT2D eigenvalue weighted by Crippen LogP contribution is -2.42. The van der Waals surface area contributed by atoms with Crippen molar-refractivity contribution in [2.45, 2.75) is 51.1 Å². The van der Waals surface area contributed by atoms with Gasteiger partial charge in [-0.25, -0.2) is 8.78 Å². The minimum atomic E-state index is -0.801. The highest BCUT2D eigenvalue weighted by Gasteiger charge is 2.27. The van der Waals surface area contributed by atoms with E-state index in [1.807, 2.05) is 0 Å². The zero-order chi connectivity index (χ0) is 14.5. The van der Waals surface area contributed by atoms with E-state index in [2.05, 4.69) is 11.8 Å². The van der Waals surface area contributed by atoms with E-state index in [0.717, 1.165) is 12.1 Å². The van der Waals surface area contributed by atoms with Crippen LogP contribution in [0.4, 0.5) is 8.78 Å². The first-order chi connectivity index (χ1) is 9.67. The molecule has 112 valence electrons. The van der Waals surface area contributed by atoms with Crippen LogP contribution < -0.4 is 5.73 Å². The van der Waals surface area contributed by atoms with Gasteiger partial charge in [0, 0.05) is 18.6 Å². The smallest absolute Gasteiger partial charge is 0.159 e. The molecule has 0 bridgehead atoms. The average molecular weight is 282 g/mol. The minimum Gasteiger partial charge on any atom is -0.329 e. The molecule has 1 saturated carbocycles. The molecule has 0 aromatic heterocycles. The first-order valence-electron chi connectivity index (χ1n) is 7.58. The average Bonchev–Trinajstić information content (AvgIpc) is 2.48. The molecule has 1 aliphatic carbocycles. The summed E-state index contributed by atoms with van der Waals surface area (Å²) in [5.41, 5.74) is 6.69. The van der Waals surface area contributed by atoms with Crippen molar-refractivity contribution in [3.63, 3.8) is 0 Å². The van der Waals surface area contributed by atoms with Crippen LogP contribution in [0.3, 0.4) is 0 Å². The lowest BCUT2D eigenvalue weighted by Gasteiger charge is -2.39. The van der Waals surface area contributed by atoms with Gasteiger partial charge < -0.3 is 5.73 Å². The number of nitrogens with two attached hydrogens (primary N) is 1. The molecule has 1 unspecified atom stereocenters. The van der Waals surface area contributed by atoms with Gasteiger partial charge in [-0.15, -0.1) is 0 Å². The van der Waals surface area contributed by atoms with E-state index < -0.39 is 11.6 Å². The van der Waals surface area contributed by atoms with Gasteiger partial charge in [0.15, 0.2) is 11.6 Å². The van der Waals surface area contributed by atoms with E-state index >= 15 is 0 Å². The summed E-state index contributed by atoms with van der Waals surface area (Å²) in [6.45, 7) is 3.41. The maximum Gasteiger partial charge on any atom is 0.159 e. The van der Waals surface area contributed by atoms with Crippen molar-refractivity contribution in [1.29, 1.82) is 0 Å². The van der Waals surface area contributed by atoms with Gasteiger partial charge in [0.1, 0.15) is 0 Å². The number of likely N-dealkylation sites (N-methyl/N-ethyl adjacent to an activating group) is 1. The molecule has 2 rings (SSSR count). The number of rotatable bonds is 5. The maximum atomic E-state index is 13.5. The number of halogens is 2. The summed E-state index contributed by atoms with van der Waals surface area (Å²) in [5.74, 6) is -1.59. The second-order valence-corrected chi connectivity index (χ2v) is 5.55. The highest BCUT2D eigenvalue weighted by Crippen LogP contribution is 2.30. The maximum absolute atomic E-state index is 13.5. The highest BCUT2D eigenvalue weighted by molar-refractivity contribution is 5.22. The summed E-state index contributed by atoms with van der Waals surface area (Å²) < 4.78 is 26.5. The molecular formula is C16H24F2N2. The molecule has 1 atom stereocenters. The predicted octanol–water partition coefficient (Wildman–Crippen LogP) is 3.62. The van der Waals surface area contributed by atoms with E-state index in [0.29, 0.717) is 12.6 Å². The summed E-state index contributed by atoms with van der Waals surface area (Å²) in [6.07, 6.45) is 6.14. The Kier molecular flexibility index (Phi) is 5.49. The summed E-state index contributed by atoms with van der Waals surface area (Å²) in [4.78, 5) is 2.35. The van der Waals surface area contributed by atoms with Crippen LogP contribution in [0.2, 0.25) is 0 Å². The second-order valence-electron chi connectivity index (χ2n) is 5.55. The zero-order valence-corrected chi connectivity index (χ0v) is 12.1. The summed E-state index contributed by atoms with van der Waals surface area (Å²) in [6, 6.07) is 4.62. The molecule has 1 aliphatic rings. The van der Waals surface area contributed by atoms with Crippen molar-refractivity contribution in [3.05, 3.63) is 35.4 Å². The lowest BCUT2D eigenvalue weighted by molar-refractivity contribution is 0.113. The fourth-order valence-electron chi connectivity index (χ4n) is 3.33. The topological polar surface area (TPSA) is 29.3 Å². The summed E-state index contributed by atoms with van der Waals surface area (Å²) in [7, 11) is 0. The van der Waals surface area contributed by atoms with Crippen LogP contribution in [-0.4, -0.2) is 24.0 Å². The summed E-state index contributed by atoms with van der Waals surface area (Å²) in [5, 5.41) is 0. The van der Waals surface area contributed by atoms with Crippen molar-refractivity contribution in [3.8, 4) is 0 Å². The highest BCUT2D eigenvalue weighted by atomic mass is 19.2. The Balaban J connectivity index is 2.21. The molecule has 1 fully saturated rings. The molecule has 0 aliphatic heterocycles. The molecule has 20 heavy (non-hydrogen) atoms. The lowest BCUT2D eigenvalue weighted by atomic mass is 9.92. The quantitative estimate of drug-likeness (QED) is 0.893. The molecule has 0 radical (unpaired) electrons. The molecular weight excluding hydrogens is 258 g/mol. The van der Waals surface area contributed by atoms with Crippen LogP contribution in [0, 0.1) is 11.6 Å². The van der Waals surface area contributed by atoms with Gasteiger partial charge >= 0.3 is 0 Å². The van der Waals surface area contributed by atoms with Gasteiger partial charge in [0.05, 0.1) is 0 Å². The van der Waals surface area contributed by atoms with Crippen LogP contribution in [0.25, 0.3) is 0 Å². The first-order valence-corrected chi connectivity index (χ1v) is 7.58. The largest absolute Gasteiger partial charge is 0.329 e. The molecule has 4 heteroatoms. The molecule has 0 spiro atoms. The third-order valence-electron chi connectivity index (χ3n) is 4.36. The number of benzene rings is 1. The van der Waals surface area contributed by atoms with Gasteiger partial charge in [-0.05, 0) is 37.1 Å². The zero-order valence-electron chi connectivity index (χ0n) is 12.1. The molecule has 2 N–H and O–H groups in total. The van der Waals surface area contributed by atoms with E-state index in [1.165, 1.54) is 44.2 Å². The number of hydrogen-bond donors (Lipinski definition) is 1. The van der Waals surface area contributed by atoms with Crippen molar-refractivity contribution in [2.24, 2.45) is 5.73 Å². The fourth-order valence-corrected chi connectivity index (χ4v) is 3.33. The summed E-state index contributed by atoms with van der Waals surface area (Å²) >= 11 is 0. The monoisotopic (exact) mass is 282 g/mol. The van der Waals surface area contributed by atoms with E-state index in [9.17, 15) is 8.78 Å². The minimum absolute atomic E-state index is 0.0294. The van der Waals surface area contributed by atoms with Crippen molar-refractivity contribution in [1.82, 2.24) is 4.90 Å². The Morgan fingerprint density at radius 3 is 2.45 bits per heavy atom. The molecule has 2 nitrogen and oxygen atoms in total. The van der Waals surface area contributed by atoms with Crippen LogP contribution in [-0.2, 0) is 0 Å². The number of hydrogen-bond acceptors (Lipinski definition) is 2. The van der Waals surface area contributed by atoms with Crippen LogP contribution in [0.15, 0.2) is 18.2 Å². The second kappa shape index (κ2) is 7.14. The van der Waals surface area contributed by atoms with Gasteiger partial charge in [-0.3, -0.25) is 4.90 Å². The predicted molar refractivity (Wildman–Crippen MR) is 77.4 cm³/mol. The Labute approximate surface area is 120 Å². The third-order valence-corrected chi connectivity index (χ3v) is 4.36. The van der Waals surface area contributed by atoms with Crippen LogP contribution in [0.5, 0.6) is 0 Å². The fraction of sp³-hybridized carbons (Fsp3) is 0.625. The molecule has 0 amide bonds. The molecule has 0 heterocycles. The first kappa shape index (κ1) is 15.4. The van der Waals surface area contributed by atoms with Gasteiger partial charge in [0.25, 0.3) is 0 Å². The van der Waals surface area contributed by atoms with Gasteiger partial charge in [0.2, 0.25) is 0 Å². The van der Waals surface area contributed by atoms with Crippen LogP contribution >= 0.6 is 0 Å².